The number of fused-ring (bicyclic) bond motifs is 2. The fourth-order valence-corrected chi connectivity index (χ4v) is 2.95. The van der Waals surface area contributed by atoms with E-state index in [1.54, 1.807) is 0 Å². The van der Waals surface area contributed by atoms with Gasteiger partial charge < -0.3 is 4.98 Å². The van der Waals surface area contributed by atoms with Gasteiger partial charge in [0.15, 0.2) is 5.43 Å². The van der Waals surface area contributed by atoms with Gasteiger partial charge >= 0.3 is 0 Å². The van der Waals surface area contributed by atoms with Gasteiger partial charge in [0.2, 0.25) is 0 Å². The maximum atomic E-state index is 12.5. The molecule has 0 bridgehead atoms. The highest BCUT2D eigenvalue weighted by atomic mass is 16.1. The monoisotopic (exact) mass is 241 g/mol. The van der Waals surface area contributed by atoms with Crippen LogP contribution in [0.15, 0.2) is 23.0 Å². The lowest BCUT2D eigenvalue weighted by molar-refractivity contribution is 0.594. The fourth-order valence-electron chi connectivity index (χ4n) is 2.95. The average Bonchev–Trinajstić information content (AvgIpc) is 2.75. The second-order valence-electron chi connectivity index (χ2n) is 6.24. The number of para-hydroxylation sites is 1. The van der Waals surface area contributed by atoms with Crippen molar-refractivity contribution < 1.29 is 0 Å². The van der Waals surface area contributed by atoms with Crippen molar-refractivity contribution in [1.29, 1.82) is 0 Å². The third kappa shape index (κ3) is 1.59. The lowest BCUT2D eigenvalue weighted by atomic mass is 9.85. The van der Waals surface area contributed by atoms with Gasteiger partial charge in [-0.2, -0.15) is 0 Å². The van der Waals surface area contributed by atoms with Crippen LogP contribution in [0.2, 0.25) is 0 Å². The summed E-state index contributed by atoms with van der Waals surface area (Å²) >= 11 is 0. The van der Waals surface area contributed by atoms with Crippen molar-refractivity contribution in [2.75, 3.05) is 0 Å². The van der Waals surface area contributed by atoms with Crippen LogP contribution in [0.3, 0.4) is 0 Å². The Hall–Kier alpha value is -1.57. The maximum absolute atomic E-state index is 12.5. The van der Waals surface area contributed by atoms with Crippen molar-refractivity contribution in [3.8, 4) is 0 Å². The zero-order chi connectivity index (χ0) is 12.9. The van der Waals surface area contributed by atoms with E-state index >= 15 is 0 Å². The first-order chi connectivity index (χ1) is 8.48. The molecule has 1 aromatic carbocycles. The Kier molecular flexibility index (Phi) is 2.37. The van der Waals surface area contributed by atoms with Gasteiger partial charge in [-0.25, -0.2) is 0 Å². The normalized spacial score (nSPS) is 15.1. The van der Waals surface area contributed by atoms with Gasteiger partial charge in [0.05, 0.1) is 5.52 Å². The summed E-state index contributed by atoms with van der Waals surface area (Å²) in [5, 5.41) is 0.850. The molecule has 0 amide bonds. The summed E-state index contributed by atoms with van der Waals surface area (Å²) in [6, 6.07) is 6.07. The molecule has 0 fully saturated rings. The standard InChI is InChI=1S/C16H19NO/c1-16(2,3)12-8-4-7-11-14(12)17-13-9-5-6-10(13)15(11)18/h4,7-8H,5-6,9H2,1-3H3,(H,17,18). The van der Waals surface area contributed by atoms with E-state index in [2.05, 4.69) is 31.8 Å². The Bertz CT molecular complexity index is 674. The molecule has 0 atom stereocenters. The minimum atomic E-state index is 0.0509. The molecule has 0 unspecified atom stereocenters. The third-order valence-corrected chi connectivity index (χ3v) is 3.88. The molecule has 0 aliphatic heterocycles. The van der Waals surface area contributed by atoms with Crippen LogP contribution in [0.5, 0.6) is 0 Å². The number of aromatic nitrogens is 1. The van der Waals surface area contributed by atoms with Crippen LogP contribution in [-0.4, -0.2) is 4.98 Å². The van der Waals surface area contributed by atoms with E-state index in [1.165, 1.54) is 5.56 Å². The van der Waals surface area contributed by atoms with Crippen molar-refractivity contribution in [3.05, 3.63) is 45.2 Å². The van der Waals surface area contributed by atoms with Crippen LogP contribution in [-0.2, 0) is 18.3 Å². The number of pyridine rings is 1. The molecule has 1 heterocycles. The lowest BCUT2D eigenvalue weighted by Gasteiger charge is -2.21. The molecule has 0 saturated heterocycles. The van der Waals surface area contributed by atoms with Crippen molar-refractivity contribution >= 4 is 10.9 Å². The number of rotatable bonds is 0. The van der Waals surface area contributed by atoms with E-state index in [-0.39, 0.29) is 10.8 Å². The second-order valence-corrected chi connectivity index (χ2v) is 6.24. The number of hydrogen-bond donors (Lipinski definition) is 1. The molecule has 0 radical (unpaired) electrons. The van der Waals surface area contributed by atoms with Gasteiger partial charge in [0, 0.05) is 16.6 Å². The summed E-state index contributed by atoms with van der Waals surface area (Å²) in [6.45, 7) is 6.56. The summed E-state index contributed by atoms with van der Waals surface area (Å²) in [7, 11) is 0. The van der Waals surface area contributed by atoms with Crippen LogP contribution < -0.4 is 5.43 Å². The number of benzene rings is 1. The predicted molar refractivity (Wildman–Crippen MR) is 75.3 cm³/mol. The smallest absolute Gasteiger partial charge is 0.192 e. The Balaban J connectivity index is 2.43. The molecule has 1 aliphatic rings. The first kappa shape index (κ1) is 11.5. The highest BCUT2D eigenvalue weighted by Gasteiger charge is 2.22. The van der Waals surface area contributed by atoms with Crippen LogP contribution in [0.4, 0.5) is 0 Å². The number of aromatic amines is 1. The minimum absolute atomic E-state index is 0.0509. The Morgan fingerprint density at radius 3 is 2.67 bits per heavy atom. The summed E-state index contributed by atoms with van der Waals surface area (Å²) in [6.07, 6.45) is 3.04. The van der Waals surface area contributed by atoms with Crippen molar-refractivity contribution in [2.24, 2.45) is 0 Å². The summed E-state index contributed by atoms with van der Waals surface area (Å²) in [5.74, 6) is 0. The molecule has 94 valence electrons. The summed E-state index contributed by atoms with van der Waals surface area (Å²) in [5.41, 5.74) is 4.72. The number of aryl methyl sites for hydroxylation is 1. The molecule has 0 saturated carbocycles. The number of hydrogen-bond acceptors (Lipinski definition) is 1. The zero-order valence-corrected chi connectivity index (χ0v) is 11.3. The maximum Gasteiger partial charge on any atom is 0.192 e. The third-order valence-electron chi connectivity index (χ3n) is 3.88. The lowest BCUT2D eigenvalue weighted by Crippen LogP contribution is -2.16. The van der Waals surface area contributed by atoms with Crippen LogP contribution in [0, 0.1) is 0 Å². The van der Waals surface area contributed by atoms with E-state index in [1.807, 2.05) is 12.1 Å². The van der Waals surface area contributed by atoms with E-state index in [4.69, 9.17) is 0 Å². The van der Waals surface area contributed by atoms with Gasteiger partial charge in [-0.05, 0) is 36.3 Å². The largest absolute Gasteiger partial charge is 0.358 e. The number of H-pyrrole nitrogens is 1. The molecule has 2 aromatic rings. The fraction of sp³-hybridized carbons (Fsp3) is 0.438. The highest BCUT2D eigenvalue weighted by Crippen LogP contribution is 2.29. The zero-order valence-electron chi connectivity index (χ0n) is 11.3. The van der Waals surface area contributed by atoms with Gasteiger partial charge in [-0.3, -0.25) is 4.79 Å². The molecule has 3 rings (SSSR count). The number of nitrogens with one attached hydrogen (secondary N) is 1. The first-order valence-corrected chi connectivity index (χ1v) is 6.66. The molecular formula is C16H19NO. The molecule has 18 heavy (non-hydrogen) atoms. The Morgan fingerprint density at radius 1 is 1.17 bits per heavy atom. The van der Waals surface area contributed by atoms with Gasteiger partial charge in [-0.15, -0.1) is 0 Å². The summed E-state index contributed by atoms with van der Waals surface area (Å²) in [4.78, 5) is 16.0. The highest BCUT2D eigenvalue weighted by molar-refractivity contribution is 5.83. The van der Waals surface area contributed by atoms with Gasteiger partial charge in [0.1, 0.15) is 0 Å². The SMILES string of the molecule is CC(C)(C)c1cccc2c(=O)c3c([nH]c12)CCC3. The first-order valence-electron chi connectivity index (χ1n) is 6.66. The van der Waals surface area contributed by atoms with E-state index in [9.17, 15) is 4.79 Å². The average molecular weight is 241 g/mol. The van der Waals surface area contributed by atoms with Crippen LogP contribution in [0.25, 0.3) is 10.9 Å². The molecule has 0 spiro atoms. The molecule has 1 N–H and O–H groups in total. The molecule has 1 aliphatic carbocycles. The summed E-state index contributed by atoms with van der Waals surface area (Å²) < 4.78 is 0. The predicted octanol–water partition coefficient (Wildman–Crippen LogP) is 3.31. The van der Waals surface area contributed by atoms with Crippen LogP contribution in [0.1, 0.15) is 44.0 Å². The Morgan fingerprint density at radius 2 is 1.94 bits per heavy atom. The molecule has 2 heteroatoms. The van der Waals surface area contributed by atoms with Gasteiger partial charge in [-0.1, -0.05) is 32.9 Å². The topological polar surface area (TPSA) is 32.9 Å². The quantitative estimate of drug-likeness (QED) is 0.754. The second kappa shape index (κ2) is 3.71. The van der Waals surface area contributed by atoms with E-state index < -0.39 is 0 Å². The minimum Gasteiger partial charge on any atom is -0.358 e. The Labute approximate surface area is 107 Å². The molecule has 1 aromatic heterocycles. The van der Waals surface area contributed by atoms with Crippen molar-refractivity contribution in [1.82, 2.24) is 4.98 Å². The van der Waals surface area contributed by atoms with Crippen LogP contribution >= 0.6 is 0 Å². The van der Waals surface area contributed by atoms with E-state index in [0.717, 1.165) is 41.4 Å². The van der Waals surface area contributed by atoms with Crippen molar-refractivity contribution in [2.45, 2.75) is 45.4 Å². The van der Waals surface area contributed by atoms with Crippen molar-refractivity contribution in [3.63, 3.8) is 0 Å². The van der Waals surface area contributed by atoms with E-state index in [0.29, 0.717) is 0 Å². The molecular weight excluding hydrogens is 222 g/mol. The van der Waals surface area contributed by atoms with Gasteiger partial charge in [0.25, 0.3) is 0 Å². The molecule has 2 nitrogen and oxygen atoms in total.